The molecule has 5 heteroatoms. The first-order chi connectivity index (χ1) is 8.22. The van der Waals surface area contributed by atoms with E-state index < -0.39 is 5.97 Å². The van der Waals surface area contributed by atoms with Crippen molar-refractivity contribution in [1.82, 2.24) is 4.98 Å². The van der Waals surface area contributed by atoms with Gasteiger partial charge in [0.1, 0.15) is 11.3 Å². The van der Waals surface area contributed by atoms with Crippen LogP contribution in [0.25, 0.3) is 10.6 Å². The van der Waals surface area contributed by atoms with Gasteiger partial charge in [0.15, 0.2) is 0 Å². The predicted molar refractivity (Wildman–Crippen MR) is 65.2 cm³/mol. The van der Waals surface area contributed by atoms with Crippen LogP contribution in [0.2, 0.25) is 0 Å². The summed E-state index contributed by atoms with van der Waals surface area (Å²) in [5.74, 6) is -0.700. The summed E-state index contributed by atoms with van der Waals surface area (Å²) >= 11 is 1.52. The number of nitrogens with zero attached hydrogens (tertiary/aromatic N) is 1. The van der Waals surface area contributed by atoms with Gasteiger partial charge in [-0.15, -0.1) is 11.3 Å². The molecule has 2 aromatic rings. The fourth-order valence-corrected chi connectivity index (χ4v) is 2.07. The van der Waals surface area contributed by atoms with Crippen LogP contribution in [0.5, 0.6) is 5.75 Å². The first-order valence-electron chi connectivity index (χ1n) is 5.12. The van der Waals surface area contributed by atoms with Crippen LogP contribution in [0.3, 0.4) is 0 Å². The number of esters is 1. The molecule has 2 rings (SSSR count). The second kappa shape index (κ2) is 4.97. The Labute approximate surface area is 103 Å². The maximum Gasteiger partial charge on any atom is 0.342 e. The summed E-state index contributed by atoms with van der Waals surface area (Å²) in [5, 5.41) is 11.5. The molecule has 0 spiro atoms. The van der Waals surface area contributed by atoms with Gasteiger partial charge < -0.3 is 9.84 Å². The number of aromatic nitrogens is 1. The van der Waals surface area contributed by atoms with Crippen LogP contribution in [0.15, 0.2) is 29.8 Å². The fourth-order valence-electron chi connectivity index (χ4n) is 1.38. The number of carbonyl (C=O) groups is 1. The van der Waals surface area contributed by atoms with Crippen molar-refractivity contribution < 1.29 is 14.6 Å². The van der Waals surface area contributed by atoms with E-state index in [1.807, 2.05) is 17.5 Å². The molecule has 88 valence electrons. The average molecular weight is 249 g/mol. The Balaban J connectivity index is 2.39. The van der Waals surface area contributed by atoms with Gasteiger partial charge in [0.25, 0.3) is 0 Å². The van der Waals surface area contributed by atoms with E-state index in [1.165, 1.54) is 17.5 Å². The third-order valence-corrected chi connectivity index (χ3v) is 3.04. The Morgan fingerprint density at radius 1 is 1.59 bits per heavy atom. The number of carbonyl (C=O) groups excluding carboxylic acids is 1. The van der Waals surface area contributed by atoms with Crippen molar-refractivity contribution in [2.45, 2.75) is 6.92 Å². The van der Waals surface area contributed by atoms with Crippen molar-refractivity contribution in [3.63, 3.8) is 0 Å². The maximum atomic E-state index is 11.6. The van der Waals surface area contributed by atoms with Crippen LogP contribution in [-0.2, 0) is 4.74 Å². The summed E-state index contributed by atoms with van der Waals surface area (Å²) in [6, 6.07) is 5.34. The van der Waals surface area contributed by atoms with Gasteiger partial charge in [-0.1, -0.05) is 6.07 Å². The number of hydrogen-bond acceptors (Lipinski definition) is 5. The zero-order valence-electron chi connectivity index (χ0n) is 9.21. The molecule has 1 N–H and O–H groups in total. The number of aromatic hydroxyl groups is 1. The van der Waals surface area contributed by atoms with Gasteiger partial charge in [-0.05, 0) is 24.4 Å². The molecule has 0 aliphatic carbocycles. The standard InChI is InChI=1S/C12H11NO3S/c1-2-16-12(15)8-6-9(13-7-10(8)14)11-4-3-5-17-11/h3-7,14H,2H2,1H3. The highest BCUT2D eigenvalue weighted by molar-refractivity contribution is 7.13. The van der Waals surface area contributed by atoms with Crippen molar-refractivity contribution >= 4 is 17.3 Å². The molecule has 0 bridgehead atoms. The second-order valence-electron chi connectivity index (χ2n) is 3.28. The lowest BCUT2D eigenvalue weighted by molar-refractivity contribution is 0.0523. The first-order valence-corrected chi connectivity index (χ1v) is 6.00. The molecule has 0 radical (unpaired) electrons. The normalized spacial score (nSPS) is 10.2. The molecule has 0 amide bonds. The van der Waals surface area contributed by atoms with Gasteiger partial charge in [-0.3, -0.25) is 4.98 Å². The van der Waals surface area contributed by atoms with E-state index in [2.05, 4.69) is 4.98 Å². The Hall–Kier alpha value is -1.88. The van der Waals surface area contributed by atoms with Crippen LogP contribution in [0, 0.1) is 0 Å². The second-order valence-corrected chi connectivity index (χ2v) is 4.23. The molecule has 0 saturated carbocycles. The number of ether oxygens (including phenoxy) is 1. The van der Waals surface area contributed by atoms with Crippen molar-refractivity contribution in [3.05, 3.63) is 35.3 Å². The molecular weight excluding hydrogens is 238 g/mol. The van der Waals surface area contributed by atoms with Crippen molar-refractivity contribution in [2.75, 3.05) is 6.61 Å². The van der Waals surface area contributed by atoms with E-state index in [-0.39, 0.29) is 17.9 Å². The Morgan fingerprint density at radius 2 is 2.41 bits per heavy atom. The van der Waals surface area contributed by atoms with E-state index >= 15 is 0 Å². The van der Waals surface area contributed by atoms with E-state index in [1.54, 1.807) is 13.0 Å². The molecule has 0 unspecified atom stereocenters. The monoisotopic (exact) mass is 249 g/mol. The van der Waals surface area contributed by atoms with Crippen LogP contribution in [0.1, 0.15) is 17.3 Å². The number of pyridine rings is 1. The van der Waals surface area contributed by atoms with E-state index in [9.17, 15) is 9.90 Å². The summed E-state index contributed by atoms with van der Waals surface area (Å²) in [5.41, 5.74) is 0.797. The topological polar surface area (TPSA) is 59.4 Å². The highest BCUT2D eigenvalue weighted by atomic mass is 32.1. The maximum absolute atomic E-state index is 11.6. The molecule has 0 fully saturated rings. The molecule has 17 heavy (non-hydrogen) atoms. The van der Waals surface area contributed by atoms with Crippen LogP contribution in [0.4, 0.5) is 0 Å². The molecule has 0 aliphatic rings. The molecular formula is C12H11NO3S. The quantitative estimate of drug-likeness (QED) is 0.850. The Morgan fingerprint density at radius 3 is 3.06 bits per heavy atom. The van der Waals surface area contributed by atoms with E-state index in [4.69, 9.17) is 4.74 Å². The number of thiophene rings is 1. The van der Waals surface area contributed by atoms with Gasteiger partial charge in [-0.25, -0.2) is 4.79 Å². The first kappa shape index (κ1) is 11.6. The average Bonchev–Trinajstić information content (AvgIpc) is 2.83. The minimum atomic E-state index is -0.537. The predicted octanol–water partition coefficient (Wildman–Crippen LogP) is 2.69. The molecule has 4 nitrogen and oxygen atoms in total. The molecule has 2 heterocycles. The lowest BCUT2D eigenvalue weighted by Crippen LogP contribution is -2.05. The highest BCUT2D eigenvalue weighted by Crippen LogP contribution is 2.27. The summed E-state index contributed by atoms with van der Waals surface area (Å²) in [4.78, 5) is 16.6. The highest BCUT2D eigenvalue weighted by Gasteiger charge is 2.14. The summed E-state index contributed by atoms with van der Waals surface area (Å²) in [7, 11) is 0. The molecule has 0 aromatic carbocycles. The third kappa shape index (κ3) is 2.45. The fraction of sp³-hybridized carbons (Fsp3) is 0.167. The minimum absolute atomic E-state index is 0.144. The van der Waals surface area contributed by atoms with Gasteiger partial charge in [0, 0.05) is 0 Å². The summed E-state index contributed by atoms with van der Waals surface area (Å²) < 4.78 is 4.86. The lowest BCUT2D eigenvalue weighted by Gasteiger charge is -2.05. The van der Waals surface area contributed by atoms with E-state index in [0.29, 0.717) is 5.69 Å². The van der Waals surface area contributed by atoms with Crippen LogP contribution in [-0.4, -0.2) is 22.7 Å². The lowest BCUT2D eigenvalue weighted by atomic mass is 10.2. The zero-order valence-corrected chi connectivity index (χ0v) is 10.0. The Bertz CT molecular complexity index is 523. The van der Waals surface area contributed by atoms with Crippen molar-refractivity contribution in [3.8, 4) is 16.3 Å². The third-order valence-electron chi connectivity index (χ3n) is 2.15. The molecule has 0 atom stereocenters. The summed E-state index contributed by atoms with van der Waals surface area (Å²) in [6.45, 7) is 1.99. The Kier molecular flexibility index (Phi) is 3.39. The molecule has 2 aromatic heterocycles. The largest absolute Gasteiger partial charge is 0.505 e. The molecule has 0 saturated heterocycles. The van der Waals surface area contributed by atoms with Gasteiger partial charge in [0.05, 0.1) is 23.4 Å². The SMILES string of the molecule is CCOC(=O)c1cc(-c2cccs2)ncc1O. The van der Waals surface area contributed by atoms with Crippen molar-refractivity contribution in [1.29, 1.82) is 0 Å². The van der Waals surface area contributed by atoms with Crippen molar-refractivity contribution in [2.24, 2.45) is 0 Å². The van der Waals surface area contributed by atoms with Crippen LogP contribution < -0.4 is 0 Å². The van der Waals surface area contributed by atoms with Gasteiger partial charge in [0.2, 0.25) is 0 Å². The van der Waals surface area contributed by atoms with Crippen LogP contribution >= 0.6 is 11.3 Å². The van der Waals surface area contributed by atoms with Gasteiger partial charge >= 0.3 is 5.97 Å². The molecule has 0 aliphatic heterocycles. The minimum Gasteiger partial charge on any atom is -0.505 e. The van der Waals surface area contributed by atoms with Gasteiger partial charge in [-0.2, -0.15) is 0 Å². The number of hydrogen-bond donors (Lipinski definition) is 1. The number of rotatable bonds is 3. The van der Waals surface area contributed by atoms with E-state index in [0.717, 1.165) is 4.88 Å². The summed E-state index contributed by atoms with van der Waals surface area (Å²) in [6.07, 6.45) is 1.27. The smallest absolute Gasteiger partial charge is 0.342 e. The zero-order chi connectivity index (χ0) is 12.3.